The summed E-state index contributed by atoms with van der Waals surface area (Å²) >= 11 is 0. The smallest absolute Gasteiger partial charge is 0.253 e. The first-order valence-electron chi connectivity index (χ1n) is 7.10. The molecule has 0 heterocycles. The van der Waals surface area contributed by atoms with E-state index in [0.29, 0.717) is 18.7 Å². The lowest BCUT2D eigenvalue weighted by Crippen LogP contribution is -2.33. The average molecular weight is 297 g/mol. The third-order valence-corrected chi connectivity index (χ3v) is 3.01. The minimum Gasteiger partial charge on any atom is -0.355 e. The lowest BCUT2D eigenvalue weighted by atomic mass is 10.1. The molecular formula is C17H19N3O2. The molecule has 2 aromatic carbocycles. The summed E-state index contributed by atoms with van der Waals surface area (Å²) in [7, 11) is 0. The quantitative estimate of drug-likeness (QED) is 0.717. The normalized spacial score (nSPS) is 9.86. The third kappa shape index (κ3) is 4.63. The van der Waals surface area contributed by atoms with Crippen LogP contribution in [0.25, 0.3) is 0 Å². The number of amides is 2. The fourth-order valence-electron chi connectivity index (χ4n) is 1.98. The van der Waals surface area contributed by atoms with Crippen molar-refractivity contribution < 1.29 is 9.59 Å². The number of hydrogen-bond acceptors (Lipinski definition) is 3. The second-order valence-electron chi connectivity index (χ2n) is 4.78. The number of rotatable bonds is 6. The highest BCUT2D eigenvalue weighted by Gasteiger charge is 2.10. The first-order valence-corrected chi connectivity index (χ1v) is 7.10. The minimum atomic E-state index is -0.176. The molecule has 5 heteroatoms. The molecule has 2 rings (SSSR count). The highest BCUT2D eigenvalue weighted by atomic mass is 16.2. The Morgan fingerprint density at radius 2 is 1.50 bits per heavy atom. The highest BCUT2D eigenvalue weighted by molar-refractivity contribution is 6.00. The molecule has 0 saturated heterocycles. The predicted molar refractivity (Wildman–Crippen MR) is 87.2 cm³/mol. The summed E-state index contributed by atoms with van der Waals surface area (Å²) in [4.78, 5) is 23.0. The molecule has 114 valence electrons. The third-order valence-electron chi connectivity index (χ3n) is 3.01. The van der Waals surface area contributed by atoms with Gasteiger partial charge < -0.3 is 16.0 Å². The van der Waals surface area contributed by atoms with Crippen molar-refractivity contribution in [2.45, 2.75) is 6.92 Å². The maximum atomic E-state index is 12.2. The number of para-hydroxylation sites is 2. The van der Waals surface area contributed by atoms with Gasteiger partial charge in [-0.25, -0.2) is 0 Å². The zero-order valence-corrected chi connectivity index (χ0v) is 12.4. The Balaban J connectivity index is 2.01. The minimum absolute atomic E-state index is 0.111. The summed E-state index contributed by atoms with van der Waals surface area (Å²) in [6.45, 7) is 2.24. The molecule has 0 aromatic heterocycles. The van der Waals surface area contributed by atoms with Crippen molar-refractivity contribution >= 4 is 23.2 Å². The van der Waals surface area contributed by atoms with Gasteiger partial charge in [0.05, 0.1) is 11.3 Å². The molecule has 0 saturated carbocycles. The topological polar surface area (TPSA) is 70.2 Å². The first kappa shape index (κ1) is 15.6. The lowest BCUT2D eigenvalue weighted by Gasteiger charge is -2.12. The van der Waals surface area contributed by atoms with Crippen LogP contribution in [-0.4, -0.2) is 24.9 Å². The van der Waals surface area contributed by atoms with Gasteiger partial charge in [0.15, 0.2) is 0 Å². The number of carbonyl (C=O) groups is 2. The van der Waals surface area contributed by atoms with Gasteiger partial charge in [0, 0.05) is 25.7 Å². The fraction of sp³-hybridized carbons (Fsp3) is 0.176. The van der Waals surface area contributed by atoms with Crippen LogP contribution in [0, 0.1) is 0 Å². The number of nitrogens with one attached hydrogen (secondary N) is 3. The van der Waals surface area contributed by atoms with E-state index < -0.39 is 0 Å². The number of benzene rings is 2. The van der Waals surface area contributed by atoms with E-state index in [2.05, 4.69) is 16.0 Å². The van der Waals surface area contributed by atoms with Gasteiger partial charge in [-0.1, -0.05) is 30.3 Å². The van der Waals surface area contributed by atoms with Crippen molar-refractivity contribution in [1.29, 1.82) is 0 Å². The Labute approximate surface area is 129 Å². The van der Waals surface area contributed by atoms with E-state index >= 15 is 0 Å². The van der Waals surface area contributed by atoms with Gasteiger partial charge in [-0.15, -0.1) is 0 Å². The molecule has 0 spiro atoms. The highest BCUT2D eigenvalue weighted by Crippen LogP contribution is 2.20. The fourth-order valence-corrected chi connectivity index (χ4v) is 1.98. The van der Waals surface area contributed by atoms with Crippen LogP contribution in [0.2, 0.25) is 0 Å². The molecule has 0 atom stereocenters. The van der Waals surface area contributed by atoms with Crippen LogP contribution in [0.3, 0.4) is 0 Å². The van der Waals surface area contributed by atoms with E-state index in [4.69, 9.17) is 0 Å². The van der Waals surface area contributed by atoms with Crippen molar-refractivity contribution in [3.05, 3.63) is 60.2 Å². The number of anilines is 2. The molecule has 0 aliphatic carbocycles. The number of hydrogen-bond donors (Lipinski definition) is 3. The summed E-state index contributed by atoms with van der Waals surface area (Å²) in [5.41, 5.74) is 2.22. The molecule has 3 N–H and O–H groups in total. The largest absolute Gasteiger partial charge is 0.355 e. The molecule has 0 aliphatic heterocycles. The molecular weight excluding hydrogens is 278 g/mol. The number of carbonyl (C=O) groups excluding carboxylic acids is 2. The maximum Gasteiger partial charge on any atom is 0.253 e. The first-order chi connectivity index (χ1) is 10.7. The Hall–Kier alpha value is -2.82. The van der Waals surface area contributed by atoms with Crippen LogP contribution in [-0.2, 0) is 4.79 Å². The van der Waals surface area contributed by atoms with Gasteiger partial charge >= 0.3 is 0 Å². The van der Waals surface area contributed by atoms with E-state index in [0.717, 1.165) is 11.4 Å². The lowest BCUT2D eigenvalue weighted by molar-refractivity contribution is -0.118. The molecule has 2 aromatic rings. The van der Waals surface area contributed by atoms with E-state index in [1.54, 1.807) is 6.07 Å². The molecule has 0 bridgehead atoms. The van der Waals surface area contributed by atoms with Gasteiger partial charge in [0.1, 0.15) is 0 Å². The zero-order chi connectivity index (χ0) is 15.8. The van der Waals surface area contributed by atoms with Gasteiger partial charge in [0.2, 0.25) is 5.91 Å². The Morgan fingerprint density at radius 1 is 0.864 bits per heavy atom. The summed E-state index contributed by atoms with van der Waals surface area (Å²) in [6, 6.07) is 17.0. The second-order valence-corrected chi connectivity index (χ2v) is 4.78. The van der Waals surface area contributed by atoms with E-state index in [1.807, 2.05) is 48.5 Å². The standard InChI is InChI=1S/C17H19N3O2/c1-13(21)18-11-12-19-17(22)15-9-5-6-10-16(15)20-14-7-3-2-4-8-14/h2-10,20H,11-12H2,1H3,(H,18,21)(H,19,22). The zero-order valence-electron chi connectivity index (χ0n) is 12.4. The molecule has 0 aliphatic rings. The van der Waals surface area contributed by atoms with E-state index in [1.165, 1.54) is 6.92 Å². The van der Waals surface area contributed by atoms with Crippen molar-refractivity contribution in [2.24, 2.45) is 0 Å². The van der Waals surface area contributed by atoms with Crippen LogP contribution >= 0.6 is 0 Å². The van der Waals surface area contributed by atoms with Crippen molar-refractivity contribution in [1.82, 2.24) is 10.6 Å². The van der Waals surface area contributed by atoms with Gasteiger partial charge in [-0.3, -0.25) is 9.59 Å². The summed E-state index contributed by atoms with van der Waals surface area (Å²) < 4.78 is 0. The Morgan fingerprint density at radius 3 is 2.23 bits per heavy atom. The molecule has 0 radical (unpaired) electrons. The van der Waals surface area contributed by atoms with Crippen molar-refractivity contribution in [2.75, 3.05) is 18.4 Å². The maximum absolute atomic E-state index is 12.2. The summed E-state index contributed by atoms with van der Waals surface area (Å²) in [6.07, 6.45) is 0. The van der Waals surface area contributed by atoms with Crippen LogP contribution in [0.1, 0.15) is 17.3 Å². The van der Waals surface area contributed by atoms with Crippen molar-refractivity contribution in [3.8, 4) is 0 Å². The van der Waals surface area contributed by atoms with Crippen LogP contribution in [0.15, 0.2) is 54.6 Å². The predicted octanol–water partition coefficient (Wildman–Crippen LogP) is 2.30. The van der Waals surface area contributed by atoms with Crippen molar-refractivity contribution in [3.63, 3.8) is 0 Å². The molecule has 2 amide bonds. The average Bonchev–Trinajstić information content (AvgIpc) is 2.53. The van der Waals surface area contributed by atoms with Gasteiger partial charge in [0.25, 0.3) is 5.91 Å². The second kappa shape index (κ2) is 7.83. The van der Waals surface area contributed by atoms with Crippen LogP contribution in [0.4, 0.5) is 11.4 Å². The van der Waals surface area contributed by atoms with Gasteiger partial charge in [-0.2, -0.15) is 0 Å². The van der Waals surface area contributed by atoms with Crippen LogP contribution < -0.4 is 16.0 Å². The SMILES string of the molecule is CC(=O)NCCNC(=O)c1ccccc1Nc1ccccc1. The summed E-state index contributed by atoms with van der Waals surface area (Å²) in [5, 5.41) is 8.66. The molecule has 0 fully saturated rings. The molecule has 22 heavy (non-hydrogen) atoms. The molecule has 0 unspecified atom stereocenters. The molecule has 5 nitrogen and oxygen atoms in total. The van der Waals surface area contributed by atoms with Gasteiger partial charge in [-0.05, 0) is 24.3 Å². The van der Waals surface area contributed by atoms with E-state index in [-0.39, 0.29) is 11.8 Å². The van der Waals surface area contributed by atoms with E-state index in [9.17, 15) is 9.59 Å². The summed E-state index contributed by atoms with van der Waals surface area (Å²) in [5.74, 6) is -0.287. The Kier molecular flexibility index (Phi) is 5.54. The van der Waals surface area contributed by atoms with Crippen LogP contribution in [0.5, 0.6) is 0 Å². The monoisotopic (exact) mass is 297 g/mol. The Bertz CT molecular complexity index is 641.